The molecule has 0 aliphatic heterocycles. The standard InChI is InChI=1S/C30H31O3P/c1-19(2)23-15-12-20(3)18-28(23)33-34-31-26-16-13-21-8-4-6-10-24(21)29(26)30-25-11-7-5-9-22(25)14-17-27(30)32-34/h4-8,10,13-14,16-17,20,23,28H,1,9,11-12,15,18H2,2-3H3/t20-,23+,28-,34?/m1/s1. The summed E-state index contributed by atoms with van der Waals surface area (Å²) in [6.45, 7) is 8.69. The van der Waals surface area contributed by atoms with Crippen molar-refractivity contribution in [1.82, 2.24) is 0 Å². The molecule has 0 saturated heterocycles. The van der Waals surface area contributed by atoms with Gasteiger partial charge in [-0.3, -0.25) is 4.52 Å². The van der Waals surface area contributed by atoms with Crippen LogP contribution in [0.4, 0.5) is 0 Å². The van der Waals surface area contributed by atoms with Crippen LogP contribution >= 0.6 is 8.24 Å². The first-order valence-corrected chi connectivity index (χ1v) is 13.5. The Morgan fingerprint density at radius 2 is 1.71 bits per heavy atom. The molecule has 6 rings (SSSR count). The lowest BCUT2D eigenvalue weighted by molar-refractivity contribution is 0.122. The molecule has 3 nitrogen and oxygen atoms in total. The molecule has 2 aliphatic carbocycles. The van der Waals surface area contributed by atoms with Gasteiger partial charge in [-0.15, -0.1) is 0 Å². The maximum Gasteiger partial charge on any atom is 0.387 e. The highest BCUT2D eigenvalue weighted by atomic mass is 31.1. The summed E-state index contributed by atoms with van der Waals surface area (Å²) in [4.78, 5) is 0. The topological polar surface area (TPSA) is 35.5 Å². The smallest absolute Gasteiger partial charge is 0.387 e. The second kappa shape index (κ2) is 8.80. The van der Waals surface area contributed by atoms with Gasteiger partial charge in [-0.1, -0.05) is 67.6 Å². The van der Waals surface area contributed by atoms with E-state index >= 15 is 0 Å². The maximum atomic E-state index is 6.67. The molecule has 1 aromatic heterocycles. The Labute approximate surface area is 201 Å². The van der Waals surface area contributed by atoms with E-state index in [9.17, 15) is 0 Å². The van der Waals surface area contributed by atoms with Crippen molar-refractivity contribution in [2.75, 3.05) is 0 Å². The molecule has 1 saturated carbocycles. The second-order valence-corrected chi connectivity index (χ2v) is 11.1. The van der Waals surface area contributed by atoms with E-state index in [0.29, 0.717) is 11.8 Å². The molecule has 34 heavy (non-hydrogen) atoms. The molecule has 174 valence electrons. The summed E-state index contributed by atoms with van der Waals surface area (Å²) in [5.74, 6) is 0.975. The van der Waals surface area contributed by atoms with E-state index in [-0.39, 0.29) is 6.10 Å². The summed E-state index contributed by atoms with van der Waals surface area (Å²) in [5.41, 5.74) is 5.60. The monoisotopic (exact) mass is 470 g/mol. The highest BCUT2D eigenvalue weighted by molar-refractivity contribution is 7.31. The number of hydrogen-bond acceptors (Lipinski definition) is 3. The van der Waals surface area contributed by atoms with Crippen molar-refractivity contribution in [1.29, 1.82) is 0 Å². The van der Waals surface area contributed by atoms with Crippen LogP contribution in [0.3, 0.4) is 0 Å². The zero-order valence-electron chi connectivity index (χ0n) is 19.9. The quantitative estimate of drug-likeness (QED) is 0.280. The molecule has 0 N–H and O–H groups in total. The minimum absolute atomic E-state index is 0.0679. The average Bonchev–Trinajstić information content (AvgIpc) is 3.00. The minimum Gasteiger partial charge on any atom is -0.399 e. The molecule has 4 atom stereocenters. The molecule has 3 aromatic carbocycles. The zero-order chi connectivity index (χ0) is 23.2. The summed E-state index contributed by atoms with van der Waals surface area (Å²) < 4.78 is 19.8. The summed E-state index contributed by atoms with van der Waals surface area (Å²) in [5, 5.41) is 4.68. The molecule has 0 radical (unpaired) electrons. The highest BCUT2D eigenvalue weighted by Crippen LogP contribution is 2.43. The molecule has 1 heterocycles. The zero-order valence-corrected chi connectivity index (χ0v) is 20.8. The SMILES string of the molecule is C=C(C)[C@@H]1CC[C@@H](C)C[C@H]1Op1oc2ccc3c(c2c2c(ccc4ccccc42)o1)CC=CC3. The predicted octanol–water partition coefficient (Wildman–Crippen LogP) is 8.91. The van der Waals surface area contributed by atoms with Crippen LogP contribution in [0.5, 0.6) is 0 Å². The van der Waals surface area contributed by atoms with Crippen molar-refractivity contribution in [3.63, 3.8) is 0 Å². The average molecular weight is 471 g/mol. The number of fused-ring (bicyclic) bond motifs is 7. The van der Waals surface area contributed by atoms with Gasteiger partial charge in [0.05, 0.1) is 6.10 Å². The molecule has 2 aliphatic rings. The van der Waals surface area contributed by atoms with Crippen LogP contribution < -0.4 is 4.52 Å². The third-order valence-corrected chi connectivity index (χ3v) is 8.73. The van der Waals surface area contributed by atoms with Gasteiger partial charge >= 0.3 is 8.24 Å². The van der Waals surface area contributed by atoms with Crippen LogP contribution in [0.2, 0.25) is 0 Å². The fourth-order valence-corrected chi connectivity index (χ4v) is 6.99. The van der Waals surface area contributed by atoms with Gasteiger partial charge in [0.25, 0.3) is 0 Å². The first-order chi connectivity index (χ1) is 16.6. The Morgan fingerprint density at radius 1 is 0.941 bits per heavy atom. The largest absolute Gasteiger partial charge is 0.399 e. The Bertz CT molecular complexity index is 1480. The van der Waals surface area contributed by atoms with E-state index in [1.165, 1.54) is 33.9 Å². The molecular formula is C30H31O3P. The number of benzene rings is 3. The van der Waals surface area contributed by atoms with E-state index in [0.717, 1.165) is 47.6 Å². The summed E-state index contributed by atoms with van der Waals surface area (Å²) in [7, 11) is -1.59. The van der Waals surface area contributed by atoms with Crippen molar-refractivity contribution in [2.45, 2.75) is 52.1 Å². The van der Waals surface area contributed by atoms with Crippen LogP contribution in [0.25, 0.3) is 32.7 Å². The van der Waals surface area contributed by atoms with Crippen LogP contribution in [0, 0.1) is 11.8 Å². The van der Waals surface area contributed by atoms with Gasteiger partial charge < -0.3 is 8.39 Å². The van der Waals surface area contributed by atoms with Crippen molar-refractivity contribution in [2.24, 2.45) is 11.8 Å². The Balaban J connectivity index is 1.62. The van der Waals surface area contributed by atoms with Crippen LogP contribution in [0.1, 0.15) is 44.2 Å². The number of allylic oxidation sites excluding steroid dienone is 2. The fraction of sp³-hybridized carbons (Fsp3) is 0.333. The van der Waals surface area contributed by atoms with Crippen molar-refractivity contribution >= 4 is 41.0 Å². The molecule has 0 spiro atoms. The van der Waals surface area contributed by atoms with Gasteiger partial charge in [0, 0.05) is 16.7 Å². The first kappa shape index (κ1) is 21.8. The van der Waals surface area contributed by atoms with Crippen molar-refractivity contribution < 1.29 is 12.9 Å². The third-order valence-electron chi connectivity index (χ3n) is 7.59. The normalized spacial score (nSPS) is 22.8. The molecular weight excluding hydrogens is 439 g/mol. The highest BCUT2D eigenvalue weighted by Gasteiger charge is 2.32. The summed E-state index contributed by atoms with van der Waals surface area (Å²) in [6.07, 6.45) is 9.78. The molecule has 1 unspecified atom stereocenters. The lowest BCUT2D eigenvalue weighted by Crippen LogP contribution is -2.33. The van der Waals surface area contributed by atoms with Gasteiger partial charge in [0.15, 0.2) is 0 Å². The fourth-order valence-electron chi connectivity index (χ4n) is 5.78. The molecule has 4 aromatic rings. The molecule has 0 bridgehead atoms. The summed E-state index contributed by atoms with van der Waals surface area (Å²) in [6, 6.07) is 17.1. The maximum absolute atomic E-state index is 6.67. The van der Waals surface area contributed by atoms with E-state index in [4.69, 9.17) is 12.9 Å². The van der Waals surface area contributed by atoms with E-state index in [1.807, 2.05) is 0 Å². The van der Waals surface area contributed by atoms with E-state index < -0.39 is 8.24 Å². The third kappa shape index (κ3) is 3.82. The summed E-state index contributed by atoms with van der Waals surface area (Å²) >= 11 is 0. The number of hydrogen-bond donors (Lipinski definition) is 0. The van der Waals surface area contributed by atoms with E-state index in [1.54, 1.807) is 0 Å². The molecule has 1 fully saturated rings. The van der Waals surface area contributed by atoms with Crippen LogP contribution in [0.15, 0.2) is 81.2 Å². The van der Waals surface area contributed by atoms with Gasteiger partial charge in [0.2, 0.25) is 0 Å². The minimum atomic E-state index is -1.59. The Hall–Kier alpha value is -2.74. The lowest BCUT2D eigenvalue weighted by atomic mass is 9.78. The van der Waals surface area contributed by atoms with Crippen LogP contribution in [-0.2, 0) is 12.8 Å². The second-order valence-electron chi connectivity index (χ2n) is 10.0. The number of rotatable bonds is 3. The van der Waals surface area contributed by atoms with Gasteiger partial charge in [-0.05, 0) is 79.0 Å². The van der Waals surface area contributed by atoms with Gasteiger partial charge in [-0.25, -0.2) is 0 Å². The van der Waals surface area contributed by atoms with E-state index in [2.05, 4.69) is 81.1 Å². The van der Waals surface area contributed by atoms with Gasteiger partial charge in [-0.2, -0.15) is 0 Å². The predicted molar refractivity (Wildman–Crippen MR) is 142 cm³/mol. The Morgan fingerprint density at radius 3 is 2.56 bits per heavy atom. The first-order valence-electron chi connectivity index (χ1n) is 12.4. The van der Waals surface area contributed by atoms with Gasteiger partial charge in [0.1, 0.15) is 11.2 Å². The molecule has 0 amide bonds. The molecule has 4 heteroatoms. The Kier molecular flexibility index (Phi) is 5.63. The van der Waals surface area contributed by atoms with Crippen molar-refractivity contribution in [3.8, 4) is 0 Å². The lowest BCUT2D eigenvalue weighted by Gasteiger charge is -2.33. The van der Waals surface area contributed by atoms with Crippen LogP contribution in [-0.4, -0.2) is 6.10 Å². The van der Waals surface area contributed by atoms with Crippen molar-refractivity contribution in [3.05, 3.63) is 84.0 Å².